The van der Waals surface area contributed by atoms with Gasteiger partial charge in [0.05, 0.1) is 17.9 Å². The molecule has 3 amide bonds. The molecule has 50 heavy (non-hydrogen) atoms. The van der Waals surface area contributed by atoms with E-state index in [1.165, 1.54) is 19.2 Å². The molecule has 4 N–H and O–H groups in total. The highest BCUT2D eigenvalue weighted by molar-refractivity contribution is 7.90. The van der Waals surface area contributed by atoms with Gasteiger partial charge in [-0.15, -0.1) is 0 Å². The highest BCUT2D eigenvalue weighted by Gasteiger charge is 2.34. The number of benzene rings is 4. The van der Waals surface area contributed by atoms with Crippen LogP contribution in [0.4, 0.5) is 16.2 Å². The molecule has 5 aromatic rings. The number of fused-ring (bicyclic) bond motifs is 1. The predicted octanol–water partition coefficient (Wildman–Crippen LogP) is 7.17. The lowest BCUT2D eigenvalue weighted by atomic mass is 9.85. The Morgan fingerprint density at radius 2 is 1.58 bits per heavy atom. The second-order valence-electron chi connectivity index (χ2n) is 12.3. The van der Waals surface area contributed by atoms with Crippen molar-refractivity contribution in [1.29, 1.82) is 0 Å². The van der Waals surface area contributed by atoms with Crippen LogP contribution in [0, 0.1) is 13.8 Å². The van der Waals surface area contributed by atoms with E-state index in [-0.39, 0.29) is 27.9 Å². The molecule has 0 spiro atoms. The predicted molar refractivity (Wildman–Crippen MR) is 191 cm³/mol. The van der Waals surface area contributed by atoms with Crippen molar-refractivity contribution in [1.82, 2.24) is 9.71 Å². The summed E-state index contributed by atoms with van der Waals surface area (Å²) >= 11 is 0. The van der Waals surface area contributed by atoms with Crippen molar-refractivity contribution < 1.29 is 32.3 Å². The van der Waals surface area contributed by atoms with Crippen LogP contribution < -0.4 is 20.1 Å². The van der Waals surface area contributed by atoms with E-state index in [4.69, 9.17) is 9.47 Å². The maximum Gasteiger partial charge on any atom is 0.411 e. The van der Waals surface area contributed by atoms with Crippen molar-refractivity contribution in [3.63, 3.8) is 0 Å². The molecule has 1 unspecified atom stereocenters. The van der Waals surface area contributed by atoms with Crippen LogP contribution >= 0.6 is 0 Å². The third-order valence-corrected chi connectivity index (χ3v) is 10.4. The number of hydrogen-bond donors (Lipinski definition) is 4. The molecular formula is C38H38N4O7S. The first kappa shape index (κ1) is 34.3. The SMILES string of the molecule is COc1cccc(C(=O)NS(=O)(=O)c2ccccc2C)c1C(C(=O)Nc1ccccc1C)c1c[nH]c2ccc(NC(=O)OC3CCCC3)cc12. The largest absolute Gasteiger partial charge is 0.496 e. The zero-order valence-electron chi connectivity index (χ0n) is 27.9. The van der Waals surface area contributed by atoms with Gasteiger partial charge in [-0.25, -0.2) is 17.9 Å². The van der Waals surface area contributed by atoms with Gasteiger partial charge in [0.25, 0.3) is 15.9 Å². The van der Waals surface area contributed by atoms with Crippen molar-refractivity contribution in [2.45, 2.75) is 56.4 Å². The third-order valence-electron chi connectivity index (χ3n) is 8.94. The van der Waals surface area contributed by atoms with E-state index < -0.39 is 33.8 Å². The number of para-hydroxylation sites is 1. The van der Waals surface area contributed by atoms with E-state index in [9.17, 15) is 22.8 Å². The van der Waals surface area contributed by atoms with Crippen LogP contribution in [-0.4, -0.2) is 44.5 Å². The fourth-order valence-corrected chi connectivity index (χ4v) is 7.63. The van der Waals surface area contributed by atoms with Crippen molar-refractivity contribution in [2.75, 3.05) is 17.7 Å². The zero-order chi connectivity index (χ0) is 35.4. The number of carbonyl (C=O) groups is 3. The van der Waals surface area contributed by atoms with Gasteiger partial charge >= 0.3 is 6.09 Å². The summed E-state index contributed by atoms with van der Waals surface area (Å²) in [5.74, 6) is -2.44. The lowest BCUT2D eigenvalue weighted by Gasteiger charge is -2.23. The van der Waals surface area contributed by atoms with Gasteiger partial charge in [0.1, 0.15) is 11.9 Å². The fourth-order valence-electron chi connectivity index (χ4n) is 6.42. The van der Waals surface area contributed by atoms with Gasteiger partial charge < -0.3 is 19.8 Å². The Hall–Kier alpha value is -5.62. The number of anilines is 2. The Morgan fingerprint density at radius 1 is 0.860 bits per heavy atom. The van der Waals surface area contributed by atoms with Gasteiger partial charge in [-0.05, 0) is 98.7 Å². The van der Waals surface area contributed by atoms with Crippen molar-refractivity contribution in [2.24, 2.45) is 0 Å². The second-order valence-corrected chi connectivity index (χ2v) is 14.0. The Bertz CT molecular complexity index is 2190. The minimum Gasteiger partial charge on any atom is -0.496 e. The van der Waals surface area contributed by atoms with Gasteiger partial charge in [0, 0.05) is 39.6 Å². The second kappa shape index (κ2) is 14.5. The molecule has 0 radical (unpaired) electrons. The summed E-state index contributed by atoms with van der Waals surface area (Å²) in [6, 6.07) is 23.4. The summed E-state index contributed by atoms with van der Waals surface area (Å²) in [5, 5.41) is 6.38. The topological polar surface area (TPSA) is 156 Å². The quantitative estimate of drug-likeness (QED) is 0.121. The molecule has 1 saturated carbocycles. The Kier molecular flexibility index (Phi) is 9.91. The summed E-state index contributed by atoms with van der Waals surface area (Å²) in [5.41, 5.74) is 3.47. The summed E-state index contributed by atoms with van der Waals surface area (Å²) in [4.78, 5) is 44.4. The van der Waals surface area contributed by atoms with E-state index in [0.717, 1.165) is 31.2 Å². The standard InChI is InChI=1S/C38H38N4O7S/c1-23-11-4-8-16-30(23)41-37(44)35(29-22-39-31-20-19-25(21-28(29)31)40-38(45)49-26-13-6-7-14-26)34-27(15-10-17-32(34)48-3)36(43)42-50(46,47)33-18-9-5-12-24(33)2/h4-5,8-12,15-22,26,35,39H,6-7,13-14H2,1-3H3,(H,40,45)(H,41,44)(H,42,43). The average Bonchev–Trinajstić information content (AvgIpc) is 3.76. The number of nitrogens with one attached hydrogen (secondary N) is 4. The van der Waals surface area contributed by atoms with E-state index >= 15 is 0 Å². The first-order valence-electron chi connectivity index (χ1n) is 16.3. The highest BCUT2D eigenvalue weighted by atomic mass is 32.2. The van der Waals surface area contributed by atoms with Crippen molar-refractivity contribution in [3.05, 3.63) is 119 Å². The van der Waals surface area contributed by atoms with Gasteiger partial charge in [-0.3, -0.25) is 14.9 Å². The van der Waals surface area contributed by atoms with Crippen LogP contribution in [0.3, 0.4) is 0 Å². The number of amides is 3. The number of carbonyl (C=O) groups excluding carboxylic acids is 3. The molecule has 1 fully saturated rings. The number of rotatable bonds is 10. The van der Waals surface area contributed by atoms with Gasteiger partial charge in [0.15, 0.2) is 0 Å². The smallest absolute Gasteiger partial charge is 0.411 e. The van der Waals surface area contributed by atoms with Crippen molar-refractivity contribution in [3.8, 4) is 5.75 Å². The van der Waals surface area contributed by atoms with E-state index in [1.807, 2.05) is 19.1 Å². The van der Waals surface area contributed by atoms with Gasteiger partial charge in [-0.2, -0.15) is 0 Å². The molecule has 12 heteroatoms. The molecule has 0 bridgehead atoms. The average molecular weight is 695 g/mol. The van der Waals surface area contributed by atoms with Crippen LogP contribution in [0.2, 0.25) is 0 Å². The Balaban J connectivity index is 1.45. The summed E-state index contributed by atoms with van der Waals surface area (Å²) < 4.78 is 40.4. The number of H-pyrrole nitrogens is 1. The molecule has 6 rings (SSSR count). The number of methoxy groups -OCH3 is 1. The highest BCUT2D eigenvalue weighted by Crippen LogP contribution is 2.40. The van der Waals surface area contributed by atoms with Gasteiger partial charge in [-0.1, -0.05) is 42.5 Å². The first-order chi connectivity index (χ1) is 24.1. The first-order valence-corrected chi connectivity index (χ1v) is 17.8. The Labute approximate surface area is 290 Å². The number of ether oxygens (including phenoxy) is 2. The summed E-state index contributed by atoms with van der Waals surface area (Å²) in [7, 11) is -2.88. The molecule has 258 valence electrons. The number of aromatic amines is 1. The van der Waals surface area contributed by atoms with Crippen LogP contribution in [-0.2, 0) is 19.6 Å². The number of sulfonamides is 1. The van der Waals surface area contributed by atoms with Crippen LogP contribution in [0.15, 0.2) is 96.0 Å². The third kappa shape index (κ3) is 7.20. The molecule has 0 aliphatic heterocycles. The van der Waals surface area contributed by atoms with Gasteiger partial charge in [0.2, 0.25) is 5.91 Å². The fraction of sp³-hybridized carbons (Fsp3) is 0.237. The summed E-state index contributed by atoms with van der Waals surface area (Å²) in [6.45, 7) is 3.49. The maximum atomic E-state index is 14.5. The molecule has 1 aliphatic rings. The molecule has 1 aliphatic carbocycles. The summed E-state index contributed by atoms with van der Waals surface area (Å²) in [6.07, 6.45) is 4.65. The molecule has 4 aromatic carbocycles. The molecule has 11 nitrogen and oxygen atoms in total. The van der Waals surface area contributed by atoms with Crippen molar-refractivity contribution >= 4 is 50.2 Å². The maximum absolute atomic E-state index is 14.5. The Morgan fingerprint density at radius 3 is 2.30 bits per heavy atom. The molecule has 1 atom stereocenters. The zero-order valence-corrected chi connectivity index (χ0v) is 28.7. The molecule has 1 heterocycles. The number of hydrogen-bond acceptors (Lipinski definition) is 7. The minimum atomic E-state index is -4.29. The van der Waals surface area contributed by atoms with Crippen LogP contribution in [0.1, 0.15) is 64.2 Å². The van der Waals surface area contributed by atoms with Crippen LogP contribution in [0.25, 0.3) is 10.9 Å². The lowest BCUT2D eigenvalue weighted by Crippen LogP contribution is -2.33. The van der Waals surface area contributed by atoms with Crippen LogP contribution in [0.5, 0.6) is 5.75 Å². The van der Waals surface area contributed by atoms with E-state index in [1.54, 1.807) is 73.8 Å². The lowest BCUT2D eigenvalue weighted by molar-refractivity contribution is -0.116. The molecule has 0 saturated heterocycles. The minimum absolute atomic E-state index is 0.0465. The molecule has 1 aromatic heterocycles. The monoisotopic (exact) mass is 694 g/mol. The number of aryl methyl sites for hydroxylation is 2. The normalized spacial score (nSPS) is 13.8. The number of aromatic nitrogens is 1. The molecular weight excluding hydrogens is 657 g/mol. The van der Waals surface area contributed by atoms with E-state index in [0.29, 0.717) is 33.4 Å². The van der Waals surface area contributed by atoms with E-state index in [2.05, 4.69) is 20.3 Å².